The van der Waals surface area contributed by atoms with Gasteiger partial charge in [-0.05, 0) is 207 Å². The van der Waals surface area contributed by atoms with Crippen LogP contribution in [0.1, 0.15) is 136 Å². The fourth-order valence-electron chi connectivity index (χ4n) is 21.6. The van der Waals surface area contributed by atoms with Crippen LogP contribution in [0.5, 0.6) is 11.5 Å². The molecule has 12 aliphatic rings. The van der Waals surface area contributed by atoms with Gasteiger partial charge in [0.2, 0.25) is 11.6 Å². The molecule has 456 valence electrons. The van der Waals surface area contributed by atoms with E-state index in [2.05, 4.69) is 119 Å². The number of aliphatic hydroxyl groups is 2. The zero-order valence-electron chi connectivity index (χ0n) is 51.2. The van der Waals surface area contributed by atoms with Gasteiger partial charge in [-0.1, -0.05) is 77.8 Å². The molecule has 0 radical (unpaired) electrons. The second-order valence-electron chi connectivity index (χ2n) is 28.6. The van der Waals surface area contributed by atoms with Crippen LogP contribution in [0, 0.1) is 69.0 Å². The molecule has 4 aromatic rings. The Morgan fingerprint density at radius 3 is 1.69 bits per heavy atom. The first-order valence-corrected chi connectivity index (χ1v) is 32.2. The van der Waals surface area contributed by atoms with Crippen LogP contribution in [-0.4, -0.2) is 113 Å². The van der Waals surface area contributed by atoms with Crippen molar-refractivity contribution in [2.24, 2.45) is 69.0 Å². The molecule has 6 saturated carbocycles. The first-order valence-electron chi connectivity index (χ1n) is 32.2. The van der Waals surface area contributed by atoms with E-state index in [4.69, 9.17) is 52.5 Å². The van der Waals surface area contributed by atoms with Crippen LogP contribution >= 0.6 is 0 Å². The lowest BCUT2D eigenvalue weighted by atomic mass is 9.43. The van der Waals surface area contributed by atoms with E-state index in [1.54, 1.807) is 0 Å². The van der Waals surface area contributed by atoms with Gasteiger partial charge >= 0.3 is 0 Å². The first-order chi connectivity index (χ1) is 41.0. The number of allylic oxidation sites excluding steroid dienone is 3. The molecule has 10 fully saturated rings. The average Bonchev–Trinajstić information content (AvgIpc) is 1.60. The van der Waals surface area contributed by atoms with Gasteiger partial charge in [0.1, 0.15) is 42.5 Å². The summed E-state index contributed by atoms with van der Waals surface area (Å²) in [5, 5.41) is 29.2. The third-order valence-corrected chi connectivity index (χ3v) is 24.8. The molecule has 8 aliphatic carbocycles. The normalized spacial score (nSPS) is 43.4. The minimum atomic E-state index is -0.872. The Morgan fingerprint density at radius 2 is 1.15 bits per heavy atom. The quantitative estimate of drug-likeness (QED) is 0.161. The Labute approximate surface area is 501 Å². The number of benzene rings is 2. The van der Waals surface area contributed by atoms with E-state index in [-0.39, 0.29) is 60.7 Å². The Kier molecular flexibility index (Phi) is 13.7. The van der Waals surface area contributed by atoms with Crippen molar-refractivity contribution in [3.05, 3.63) is 113 Å². The van der Waals surface area contributed by atoms with Gasteiger partial charge in [-0.25, -0.2) is 4.68 Å². The van der Waals surface area contributed by atoms with E-state index >= 15 is 0 Å². The zero-order valence-corrected chi connectivity index (χ0v) is 51.2. The molecule has 0 amide bonds. The van der Waals surface area contributed by atoms with Gasteiger partial charge < -0.3 is 62.1 Å². The summed E-state index contributed by atoms with van der Waals surface area (Å²) in [6, 6.07) is 16.5. The van der Waals surface area contributed by atoms with Crippen LogP contribution < -0.4 is 9.47 Å². The first kappa shape index (κ1) is 56.8. The number of aromatic nitrogens is 3. The predicted octanol–water partition coefficient (Wildman–Crippen LogP) is 11.8. The molecule has 0 bridgehead atoms. The number of hydrogen-bond donors (Lipinski definition) is 2. The smallest absolute Gasteiger partial charge is 0.226 e. The Balaban J connectivity index is 0.000000144. The van der Waals surface area contributed by atoms with Crippen molar-refractivity contribution >= 4 is 12.2 Å². The van der Waals surface area contributed by atoms with Gasteiger partial charge in [0.15, 0.2) is 27.2 Å². The standard InChI is InChI=1S/C36H46N2O6.C34H43NO6/c1-5-6-7-14-41-26-10-8-25(9-11-26)38-30-16-29-23(2)15-27-28-12-13-35(36(44-22-42-35)20-40-21-43-36)34(28,4)18-31(39)32(27)33(29,3)17-24(30)19-37-38;1-5-38-25-8-6-24(7-9-25)35-16-22-13-28-21(2)12-26-27-10-11-33(34(41-20-39-33)18-37-19-40-34)32(27,4)15-29(36)30(26)31(28,3)14-23(22)17-35/h6-11,16,19,23,27-28,31-32,39H,5,12-15,17-18,20-22H2,1-4H3;6-9,13,16-17,21,26-27,29-30,36H,5,10-12,14-15,18-20H2,1-4H3/b7-6-;/t23-,27-,28-,31-,32+,33-,34-,35+,36?;21-,26-,27-,29-,30+,31-,32-,33+,34?/m00/s1. The van der Waals surface area contributed by atoms with Crippen molar-refractivity contribution in [2.45, 2.75) is 161 Å². The largest absolute Gasteiger partial charge is 0.494 e. The van der Waals surface area contributed by atoms with Crippen LogP contribution in [0.2, 0.25) is 0 Å². The highest BCUT2D eigenvalue weighted by molar-refractivity contribution is 5.65. The summed E-state index contributed by atoms with van der Waals surface area (Å²) in [5.74, 6) is 2.92. The second kappa shape index (κ2) is 20.4. The molecule has 15 nitrogen and oxygen atoms in total. The molecule has 4 aliphatic heterocycles. The van der Waals surface area contributed by atoms with Crippen molar-refractivity contribution in [1.29, 1.82) is 0 Å². The molecule has 18 atom stereocenters. The maximum atomic E-state index is 12.2. The molecular weight excluding hydrogens is 1070 g/mol. The zero-order chi connectivity index (χ0) is 58.5. The van der Waals surface area contributed by atoms with Crippen LogP contribution in [0.3, 0.4) is 0 Å². The molecular formula is C70H89N3O12. The summed E-state index contributed by atoms with van der Waals surface area (Å²) in [5.41, 5.74) is 8.30. The number of ether oxygens (including phenoxy) is 10. The number of fused-ring (bicyclic) bond motifs is 16. The van der Waals surface area contributed by atoms with Gasteiger partial charge in [0.05, 0.1) is 36.4 Å². The predicted molar refractivity (Wildman–Crippen MR) is 318 cm³/mol. The summed E-state index contributed by atoms with van der Waals surface area (Å²) >= 11 is 0. The molecule has 2 unspecified atom stereocenters. The van der Waals surface area contributed by atoms with E-state index in [1.807, 2.05) is 37.4 Å². The summed E-state index contributed by atoms with van der Waals surface area (Å²) in [6.07, 6.45) is 25.0. The SMILES string of the molecule is CC/C=C\COc1ccc(-n2ncc3c2C=C2[C@@H](C)C[C@@H]4[C@H]([C@@H](O)C[C@@]5(C)[C@H]4CC[C@@]54OCOC45COCO5)[C@@]2(C)C3)cc1.CCOc1ccc(-n2cc3c(c2)C[C@@]2(C)C(=C3)[C@@H](C)C[C@@H]3[C@@H]2[C@@H](O)C[C@@]2(C)[C@H]3CC[C@@]23OCOC32COCO2)cc1. The lowest BCUT2D eigenvalue weighted by molar-refractivity contribution is -0.258. The number of aliphatic hydroxyl groups excluding tert-OH is 2. The van der Waals surface area contributed by atoms with Gasteiger partial charge in [-0.2, -0.15) is 5.10 Å². The number of hydrogen-bond acceptors (Lipinski definition) is 13. The lowest BCUT2D eigenvalue weighted by Crippen LogP contribution is -2.66. The Morgan fingerprint density at radius 1 is 0.624 bits per heavy atom. The summed E-state index contributed by atoms with van der Waals surface area (Å²) < 4.78 is 65.1. The second-order valence-corrected chi connectivity index (χ2v) is 28.6. The minimum absolute atomic E-state index is 0.0888. The summed E-state index contributed by atoms with van der Waals surface area (Å²) in [6.45, 7) is 21.4. The van der Waals surface area contributed by atoms with Crippen LogP contribution in [-0.2, 0) is 50.7 Å². The van der Waals surface area contributed by atoms with Crippen molar-refractivity contribution in [1.82, 2.24) is 14.3 Å². The fourth-order valence-corrected chi connectivity index (χ4v) is 21.6. The van der Waals surface area contributed by atoms with E-state index in [0.717, 1.165) is 86.4 Å². The molecule has 85 heavy (non-hydrogen) atoms. The highest BCUT2D eigenvalue weighted by Crippen LogP contribution is 2.74. The van der Waals surface area contributed by atoms with Gasteiger partial charge in [0, 0.05) is 28.9 Å². The lowest BCUT2D eigenvalue weighted by Gasteiger charge is -2.62. The number of nitrogens with zero attached hydrogens (tertiary/aromatic N) is 3. The highest BCUT2D eigenvalue weighted by Gasteiger charge is 2.79. The van der Waals surface area contributed by atoms with Crippen LogP contribution in [0.25, 0.3) is 23.5 Å². The van der Waals surface area contributed by atoms with Crippen molar-refractivity contribution in [2.75, 3.05) is 53.6 Å². The summed E-state index contributed by atoms with van der Waals surface area (Å²) in [7, 11) is 0. The molecule has 2 N–H and O–H groups in total. The van der Waals surface area contributed by atoms with E-state index in [0.29, 0.717) is 74.8 Å². The molecule has 16 rings (SSSR count). The van der Waals surface area contributed by atoms with Crippen LogP contribution in [0.15, 0.2) is 90.4 Å². The van der Waals surface area contributed by atoms with Crippen molar-refractivity contribution < 1.29 is 57.6 Å². The van der Waals surface area contributed by atoms with Gasteiger partial charge in [-0.15, -0.1) is 0 Å². The third-order valence-electron chi connectivity index (χ3n) is 24.8. The van der Waals surface area contributed by atoms with E-state index < -0.39 is 35.0 Å². The molecule has 6 heterocycles. The van der Waals surface area contributed by atoms with Crippen molar-refractivity contribution in [3.8, 4) is 22.9 Å². The molecule has 15 heteroatoms. The Hall–Kier alpha value is -4.65. The number of rotatable bonds is 8. The average molecular weight is 1160 g/mol. The molecule has 2 aromatic heterocycles. The minimum Gasteiger partial charge on any atom is -0.494 e. The van der Waals surface area contributed by atoms with Gasteiger partial charge in [0.25, 0.3) is 0 Å². The fraction of sp³-hybridized carbons (Fsp3) is 0.643. The molecule has 4 saturated heterocycles. The van der Waals surface area contributed by atoms with E-state index in [1.165, 1.54) is 27.8 Å². The van der Waals surface area contributed by atoms with Gasteiger partial charge in [-0.3, -0.25) is 0 Å². The van der Waals surface area contributed by atoms with Crippen LogP contribution in [0.4, 0.5) is 0 Å². The van der Waals surface area contributed by atoms with E-state index in [9.17, 15) is 10.2 Å². The molecule has 4 spiro atoms. The topological polar surface area (TPSA) is 156 Å². The van der Waals surface area contributed by atoms with Crippen molar-refractivity contribution in [3.63, 3.8) is 0 Å². The third kappa shape index (κ3) is 8.02. The monoisotopic (exact) mass is 1160 g/mol. The Bertz CT molecular complexity index is 3270. The molecule has 2 aromatic carbocycles. The summed E-state index contributed by atoms with van der Waals surface area (Å²) in [4.78, 5) is 0. The maximum Gasteiger partial charge on any atom is 0.226 e. The highest BCUT2D eigenvalue weighted by atomic mass is 16.9. The maximum absolute atomic E-state index is 12.2.